The molecule has 3 saturated heterocycles. The number of amides is 2. The molecule has 1 N–H and O–H groups in total. The fourth-order valence-electron chi connectivity index (χ4n) is 7.35. The number of aromatic nitrogens is 5. The molecule has 12 heteroatoms. The lowest BCUT2D eigenvalue weighted by Gasteiger charge is -2.63. The Morgan fingerprint density at radius 2 is 1.72 bits per heavy atom. The monoisotopic (exact) mass is 505 g/mol. The highest BCUT2D eigenvalue weighted by Crippen LogP contribution is 2.57. The van der Waals surface area contributed by atoms with Crippen LogP contribution in [0.25, 0.3) is 0 Å². The SMILES string of the molecule is Cn1ncc(CC2CC3(C2)CN(C(=O)N2CC4(CC(c5nc(C6COC6)n[nH]5)C4)C2)C3)c1C(F)(F)F. The molecule has 36 heavy (non-hydrogen) atoms. The Kier molecular flexibility index (Phi) is 4.67. The van der Waals surface area contributed by atoms with E-state index in [2.05, 4.69) is 20.3 Å². The summed E-state index contributed by atoms with van der Waals surface area (Å²) in [5, 5.41) is 11.3. The maximum atomic E-state index is 13.3. The highest BCUT2D eigenvalue weighted by Gasteiger charge is 2.59. The van der Waals surface area contributed by atoms with Gasteiger partial charge in [0, 0.05) is 55.5 Å². The average Bonchev–Trinajstić information content (AvgIpc) is 3.25. The second-order valence-corrected chi connectivity index (χ2v) is 12.0. The lowest BCUT2D eigenvalue weighted by molar-refractivity contribution is -0.144. The molecule has 5 fully saturated rings. The van der Waals surface area contributed by atoms with Crippen molar-refractivity contribution in [3.63, 3.8) is 0 Å². The minimum atomic E-state index is -4.39. The van der Waals surface area contributed by atoms with E-state index in [1.54, 1.807) is 0 Å². The highest BCUT2D eigenvalue weighted by atomic mass is 19.4. The maximum absolute atomic E-state index is 13.3. The molecule has 0 aromatic carbocycles. The normalized spacial score (nSPS) is 25.3. The Balaban J connectivity index is 0.857. The summed E-state index contributed by atoms with van der Waals surface area (Å²) in [7, 11) is 1.34. The molecule has 2 aromatic rings. The molecule has 0 unspecified atom stereocenters. The number of aryl methyl sites for hydroxylation is 1. The molecule has 0 radical (unpaired) electrons. The van der Waals surface area contributed by atoms with E-state index in [4.69, 9.17) is 4.74 Å². The van der Waals surface area contributed by atoms with Crippen molar-refractivity contribution >= 4 is 6.03 Å². The lowest BCUT2D eigenvalue weighted by atomic mass is 9.56. The van der Waals surface area contributed by atoms with Crippen LogP contribution in [0.5, 0.6) is 0 Å². The number of ether oxygens (including phenoxy) is 1. The Bertz CT molecular complexity index is 1170. The molecule has 194 valence electrons. The summed E-state index contributed by atoms with van der Waals surface area (Å²) in [6, 6.07) is 0.108. The van der Waals surface area contributed by atoms with Crippen LogP contribution in [-0.2, 0) is 24.4 Å². The predicted octanol–water partition coefficient (Wildman–Crippen LogP) is 2.92. The largest absolute Gasteiger partial charge is 0.433 e. The molecule has 2 saturated carbocycles. The van der Waals surface area contributed by atoms with Crippen molar-refractivity contribution in [2.45, 2.75) is 50.1 Å². The van der Waals surface area contributed by atoms with Crippen LogP contribution in [0.2, 0.25) is 0 Å². The van der Waals surface area contributed by atoms with Gasteiger partial charge in [0.25, 0.3) is 0 Å². The molecule has 2 aromatic heterocycles. The third-order valence-electron chi connectivity index (χ3n) is 9.15. The summed E-state index contributed by atoms with van der Waals surface area (Å²) in [5.74, 6) is 2.75. The van der Waals surface area contributed by atoms with Gasteiger partial charge in [-0.15, -0.1) is 0 Å². The first-order valence-electron chi connectivity index (χ1n) is 12.7. The fraction of sp³-hybridized carbons (Fsp3) is 0.750. The van der Waals surface area contributed by atoms with Gasteiger partial charge in [0.05, 0.1) is 25.3 Å². The molecule has 0 bridgehead atoms. The van der Waals surface area contributed by atoms with Gasteiger partial charge in [0.15, 0.2) is 5.82 Å². The van der Waals surface area contributed by atoms with Gasteiger partial charge in [0.1, 0.15) is 11.5 Å². The summed E-state index contributed by atoms with van der Waals surface area (Å²) in [5.41, 5.74) is -0.0480. The maximum Gasteiger partial charge on any atom is 0.433 e. The number of carbonyl (C=O) groups is 1. The number of nitrogens with one attached hydrogen (secondary N) is 1. The van der Waals surface area contributed by atoms with Gasteiger partial charge in [-0.2, -0.15) is 23.4 Å². The minimum Gasteiger partial charge on any atom is -0.380 e. The molecule has 5 heterocycles. The molecular formula is C24H30F3N7O2. The van der Waals surface area contributed by atoms with Crippen LogP contribution in [0.15, 0.2) is 6.20 Å². The Morgan fingerprint density at radius 1 is 1.08 bits per heavy atom. The van der Waals surface area contributed by atoms with E-state index in [9.17, 15) is 18.0 Å². The van der Waals surface area contributed by atoms with E-state index in [0.29, 0.717) is 31.5 Å². The second kappa shape index (κ2) is 7.45. The number of urea groups is 1. The molecule has 2 amide bonds. The molecule has 9 nitrogen and oxygen atoms in total. The lowest BCUT2D eigenvalue weighted by Crippen LogP contribution is -2.71. The number of H-pyrrole nitrogens is 1. The van der Waals surface area contributed by atoms with Gasteiger partial charge in [-0.25, -0.2) is 9.78 Å². The molecule has 0 atom stereocenters. The summed E-state index contributed by atoms with van der Waals surface area (Å²) >= 11 is 0. The Labute approximate surface area is 206 Å². The van der Waals surface area contributed by atoms with E-state index in [0.717, 1.165) is 68.2 Å². The van der Waals surface area contributed by atoms with Crippen molar-refractivity contribution in [2.75, 3.05) is 39.4 Å². The topological polar surface area (TPSA) is 92.2 Å². The number of alkyl halides is 3. The summed E-state index contributed by atoms with van der Waals surface area (Å²) in [4.78, 5) is 21.5. The van der Waals surface area contributed by atoms with Crippen LogP contribution in [0, 0.1) is 16.7 Å². The minimum absolute atomic E-state index is 0.0977. The smallest absolute Gasteiger partial charge is 0.380 e. The molecule has 2 spiro atoms. The zero-order chi connectivity index (χ0) is 24.9. The third-order valence-corrected chi connectivity index (χ3v) is 9.15. The third kappa shape index (κ3) is 3.47. The van der Waals surface area contributed by atoms with E-state index >= 15 is 0 Å². The van der Waals surface area contributed by atoms with Crippen LogP contribution < -0.4 is 0 Å². The van der Waals surface area contributed by atoms with Crippen LogP contribution in [-0.4, -0.2) is 80.2 Å². The van der Waals surface area contributed by atoms with Crippen molar-refractivity contribution in [1.82, 2.24) is 34.8 Å². The number of halogens is 3. The first-order valence-corrected chi connectivity index (χ1v) is 12.7. The second-order valence-electron chi connectivity index (χ2n) is 12.0. The summed E-state index contributed by atoms with van der Waals surface area (Å²) in [6.07, 6.45) is 1.18. The van der Waals surface area contributed by atoms with Gasteiger partial charge < -0.3 is 14.5 Å². The summed E-state index contributed by atoms with van der Waals surface area (Å²) < 4.78 is 46.1. The van der Waals surface area contributed by atoms with Gasteiger partial charge in [-0.05, 0) is 38.0 Å². The predicted molar refractivity (Wildman–Crippen MR) is 120 cm³/mol. The number of carbonyl (C=O) groups excluding carboxylic acids is 1. The van der Waals surface area contributed by atoms with Crippen LogP contribution in [0.3, 0.4) is 0 Å². The fourth-order valence-corrected chi connectivity index (χ4v) is 7.35. The number of aromatic amines is 1. The van der Waals surface area contributed by atoms with Gasteiger partial charge in [-0.3, -0.25) is 9.78 Å². The first-order chi connectivity index (χ1) is 17.1. The molecule has 3 aliphatic heterocycles. The molecule has 7 rings (SSSR count). The van der Waals surface area contributed by atoms with Crippen molar-refractivity contribution in [2.24, 2.45) is 23.8 Å². The quantitative estimate of drug-likeness (QED) is 0.690. The molecular weight excluding hydrogens is 475 g/mol. The van der Waals surface area contributed by atoms with Crippen LogP contribution in [0.4, 0.5) is 18.0 Å². The number of hydrogen-bond acceptors (Lipinski definition) is 5. The molecule has 2 aliphatic carbocycles. The summed E-state index contributed by atoms with van der Waals surface area (Å²) in [6.45, 7) is 4.44. The van der Waals surface area contributed by atoms with Gasteiger partial charge in [-0.1, -0.05) is 0 Å². The average molecular weight is 506 g/mol. The van der Waals surface area contributed by atoms with Crippen molar-refractivity contribution < 1.29 is 22.7 Å². The molecule has 5 aliphatic rings. The highest BCUT2D eigenvalue weighted by molar-refractivity contribution is 5.77. The zero-order valence-electron chi connectivity index (χ0n) is 20.2. The Hall–Kier alpha value is -2.63. The number of hydrogen-bond donors (Lipinski definition) is 1. The number of likely N-dealkylation sites (tertiary alicyclic amines) is 2. The van der Waals surface area contributed by atoms with Crippen molar-refractivity contribution in [1.29, 1.82) is 0 Å². The first kappa shape index (κ1) is 22.6. The zero-order valence-corrected chi connectivity index (χ0v) is 20.2. The van der Waals surface area contributed by atoms with Crippen LogP contribution in [0.1, 0.15) is 60.4 Å². The number of nitrogens with zero attached hydrogens (tertiary/aromatic N) is 6. The standard InChI is InChI=1S/C24H30F3N7O2/c1-32-18(24(25,26)27)15(7-28-32)2-14-3-22(4-14)10-33(11-22)21(35)34-12-23(13-34)5-16(6-23)19-29-20(31-30-19)17-8-36-9-17/h7,14,16-17H,2-6,8-13H2,1H3,(H,29,30,31). The van der Waals surface area contributed by atoms with E-state index in [1.165, 1.54) is 13.2 Å². The van der Waals surface area contributed by atoms with Gasteiger partial charge in [0.2, 0.25) is 0 Å². The van der Waals surface area contributed by atoms with E-state index < -0.39 is 11.9 Å². The van der Waals surface area contributed by atoms with E-state index in [1.807, 2.05) is 9.80 Å². The van der Waals surface area contributed by atoms with Crippen molar-refractivity contribution in [3.05, 3.63) is 29.1 Å². The van der Waals surface area contributed by atoms with Gasteiger partial charge >= 0.3 is 12.2 Å². The van der Waals surface area contributed by atoms with Crippen molar-refractivity contribution in [3.8, 4) is 0 Å². The van der Waals surface area contributed by atoms with E-state index in [-0.39, 0.29) is 28.3 Å². The van der Waals surface area contributed by atoms with Crippen LogP contribution >= 0.6 is 0 Å². The Morgan fingerprint density at radius 3 is 2.31 bits per heavy atom. The number of rotatable bonds is 4.